The van der Waals surface area contributed by atoms with E-state index in [2.05, 4.69) is 20.7 Å². The standard InChI is InChI=1S/C10H8BrFN2O2S2/c11-7-3-4-17-10(7)18(15,16)14-9-5-6(13)1-2-8(9)12/h1-5,14H,13H2. The SMILES string of the molecule is Nc1ccc(F)c(NS(=O)(=O)c2sccc2Br)c1. The molecule has 0 fully saturated rings. The average Bonchev–Trinajstić information content (AvgIpc) is 2.70. The summed E-state index contributed by atoms with van der Waals surface area (Å²) in [5.74, 6) is -0.680. The molecule has 0 aliphatic rings. The molecule has 0 saturated heterocycles. The van der Waals surface area contributed by atoms with Crippen molar-refractivity contribution in [2.75, 3.05) is 10.5 Å². The third kappa shape index (κ3) is 2.65. The van der Waals surface area contributed by atoms with Crippen LogP contribution in [-0.2, 0) is 10.0 Å². The third-order valence-corrected chi connectivity index (χ3v) is 6.10. The predicted octanol–water partition coefficient (Wildman–Crippen LogP) is 3.03. The van der Waals surface area contributed by atoms with Gasteiger partial charge in [0, 0.05) is 10.2 Å². The Morgan fingerprint density at radius 1 is 1.33 bits per heavy atom. The summed E-state index contributed by atoms with van der Waals surface area (Å²) in [5.41, 5.74) is 5.59. The minimum absolute atomic E-state index is 0.0873. The van der Waals surface area contributed by atoms with Crippen LogP contribution in [0.2, 0.25) is 0 Å². The van der Waals surface area contributed by atoms with Crippen molar-refractivity contribution >= 4 is 48.7 Å². The number of halogens is 2. The van der Waals surface area contributed by atoms with Crippen LogP contribution in [0.15, 0.2) is 38.3 Å². The van der Waals surface area contributed by atoms with E-state index in [1.54, 1.807) is 11.4 Å². The van der Waals surface area contributed by atoms with Gasteiger partial charge in [0.05, 0.1) is 5.69 Å². The van der Waals surface area contributed by atoms with Gasteiger partial charge < -0.3 is 5.73 Å². The normalized spacial score (nSPS) is 11.4. The lowest BCUT2D eigenvalue weighted by atomic mass is 10.3. The number of hydrogen-bond donors (Lipinski definition) is 2. The first kappa shape index (κ1) is 13.3. The molecule has 0 unspecified atom stereocenters. The lowest BCUT2D eigenvalue weighted by Gasteiger charge is -2.08. The number of nitrogens with one attached hydrogen (secondary N) is 1. The monoisotopic (exact) mass is 350 g/mol. The molecule has 18 heavy (non-hydrogen) atoms. The zero-order valence-electron chi connectivity index (χ0n) is 8.85. The van der Waals surface area contributed by atoms with Crippen molar-refractivity contribution in [3.8, 4) is 0 Å². The van der Waals surface area contributed by atoms with Crippen molar-refractivity contribution < 1.29 is 12.8 Å². The number of nitrogens with two attached hydrogens (primary N) is 1. The van der Waals surface area contributed by atoms with Gasteiger partial charge in [-0.1, -0.05) is 0 Å². The van der Waals surface area contributed by atoms with Gasteiger partial charge >= 0.3 is 0 Å². The highest BCUT2D eigenvalue weighted by Gasteiger charge is 2.20. The average molecular weight is 351 g/mol. The van der Waals surface area contributed by atoms with Gasteiger partial charge in [0.15, 0.2) is 4.21 Å². The zero-order chi connectivity index (χ0) is 13.3. The molecule has 0 radical (unpaired) electrons. The van der Waals surface area contributed by atoms with E-state index in [0.29, 0.717) is 4.47 Å². The Balaban J connectivity index is 2.40. The van der Waals surface area contributed by atoms with E-state index < -0.39 is 15.8 Å². The highest BCUT2D eigenvalue weighted by Crippen LogP contribution is 2.30. The van der Waals surface area contributed by atoms with Gasteiger partial charge in [-0.2, -0.15) is 0 Å². The fourth-order valence-electron chi connectivity index (χ4n) is 1.28. The molecule has 96 valence electrons. The molecule has 3 N–H and O–H groups in total. The van der Waals surface area contributed by atoms with Crippen LogP contribution >= 0.6 is 27.3 Å². The molecule has 4 nitrogen and oxygen atoms in total. The van der Waals surface area contributed by atoms with Gasteiger partial charge in [-0.3, -0.25) is 4.72 Å². The first-order valence-corrected chi connectivity index (χ1v) is 7.86. The topological polar surface area (TPSA) is 72.2 Å². The molecular weight excluding hydrogens is 343 g/mol. The number of thiophene rings is 1. The molecule has 0 atom stereocenters. The number of rotatable bonds is 3. The summed E-state index contributed by atoms with van der Waals surface area (Å²) in [4.78, 5) is 0. The summed E-state index contributed by atoms with van der Waals surface area (Å²) in [6.07, 6.45) is 0. The molecule has 0 amide bonds. The minimum atomic E-state index is -3.81. The van der Waals surface area contributed by atoms with Crippen molar-refractivity contribution in [1.29, 1.82) is 0 Å². The molecule has 1 aromatic heterocycles. The summed E-state index contributed by atoms with van der Waals surface area (Å²) in [6.45, 7) is 0. The molecule has 2 rings (SSSR count). The van der Waals surface area contributed by atoms with Crippen LogP contribution in [0.25, 0.3) is 0 Å². The second-order valence-electron chi connectivity index (χ2n) is 3.40. The van der Waals surface area contributed by atoms with E-state index in [9.17, 15) is 12.8 Å². The Morgan fingerprint density at radius 3 is 2.67 bits per heavy atom. The summed E-state index contributed by atoms with van der Waals surface area (Å²) in [7, 11) is -3.81. The number of hydrogen-bond acceptors (Lipinski definition) is 4. The molecule has 1 aromatic carbocycles. The Hall–Kier alpha value is -1.12. The largest absolute Gasteiger partial charge is 0.399 e. The van der Waals surface area contributed by atoms with E-state index in [0.717, 1.165) is 17.4 Å². The molecule has 0 spiro atoms. The Labute approximate surface area is 116 Å². The lowest BCUT2D eigenvalue weighted by molar-refractivity contribution is 0.600. The van der Waals surface area contributed by atoms with E-state index in [1.807, 2.05) is 0 Å². The van der Waals surface area contributed by atoms with Crippen LogP contribution in [0, 0.1) is 5.82 Å². The van der Waals surface area contributed by atoms with Gasteiger partial charge in [-0.25, -0.2) is 12.8 Å². The van der Waals surface area contributed by atoms with Gasteiger partial charge in [0.2, 0.25) is 0 Å². The maximum Gasteiger partial charge on any atom is 0.272 e. The number of anilines is 2. The first-order chi connectivity index (χ1) is 8.40. The molecule has 0 saturated carbocycles. The molecule has 1 heterocycles. The minimum Gasteiger partial charge on any atom is -0.399 e. The molecule has 0 bridgehead atoms. The fraction of sp³-hybridized carbons (Fsp3) is 0. The molecule has 8 heteroatoms. The van der Waals surface area contributed by atoms with Crippen molar-refractivity contribution in [2.45, 2.75) is 4.21 Å². The number of sulfonamides is 1. The molecular formula is C10H8BrFN2O2S2. The second kappa shape index (κ2) is 4.87. The van der Waals surface area contributed by atoms with E-state index in [-0.39, 0.29) is 15.6 Å². The summed E-state index contributed by atoms with van der Waals surface area (Å²) in [6, 6.07) is 5.30. The maximum absolute atomic E-state index is 13.5. The van der Waals surface area contributed by atoms with Gasteiger partial charge in [0.1, 0.15) is 5.82 Å². The predicted molar refractivity (Wildman–Crippen MR) is 73.6 cm³/mol. The van der Waals surface area contributed by atoms with Gasteiger partial charge in [0.25, 0.3) is 10.0 Å². The summed E-state index contributed by atoms with van der Waals surface area (Å²) < 4.78 is 40.2. The van der Waals surface area contributed by atoms with Crippen LogP contribution in [0.4, 0.5) is 15.8 Å². The zero-order valence-corrected chi connectivity index (χ0v) is 12.1. The van der Waals surface area contributed by atoms with E-state index in [4.69, 9.17) is 5.73 Å². The van der Waals surface area contributed by atoms with Crippen molar-refractivity contribution in [3.63, 3.8) is 0 Å². The Morgan fingerprint density at radius 2 is 2.06 bits per heavy atom. The molecule has 2 aromatic rings. The third-order valence-electron chi connectivity index (χ3n) is 2.06. The van der Waals surface area contributed by atoms with Crippen LogP contribution in [0.1, 0.15) is 0 Å². The highest BCUT2D eigenvalue weighted by atomic mass is 79.9. The van der Waals surface area contributed by atoms with E-state index in [1.165, 1.54) is 12.1 Å². The van der Waals surface area contributed by atoms with Crippen molar-refractivity contribution in [1.82, 2.24) is 0 Å². The quantitative estimate of drug-likeness (QED) is 0.835. The number of nitrogen functional groups attached to an aromatic ring is 1. The van der Waals surface area contributed by atoms with Crippen LogP contribution < -0.4 is 10.5 Å². The second-order valence-corrected chi connectivity index (χ2v) is 7.05. The van der Waals surface area contributed by atoms with Gasteiger partial charge in [-0.15, -0.1) is 11.3 Å². The van der Waals surface area contributed by atoms with Crippen LogP contribution in [-0.4, -0.2) is 8.42 Å². The van der Waals surface area contributed by atoms with Crippen LogP contribution in [0.3, 0.4) is 0 Å². The Kier molecular flexibility index (Phi) is 3.60. The van der Waals surface area contributed by atoms with Crippen molar-refractivity contribution in [2.24, 2.45) is 0 Å². The Bertz CT molecular complexity index is 685. The first-order valence-electron chi connectivity index (χ1n) is 4.71. The number of benzene rings is 1. The molecule has 0 aliphatic heterocycles. The highest BCUT2D eigenvalue weighted by molar-refractivity contribution is 9.10. The van der Waals surface area contributed by atoms with E-state index >= 15 is 0 Å². The maximum atomic E-state index is 13.5. The smallest absolute Gasteiger partial charge is 0.272 e. The van der Waals surface area contributed by atoms with Gasteiger partial charge in [-0.05, 0) is 45.6 Å². The lowest BCUT2D eigenvalue weighted by Crippen LogP contribution is -2.13. The summed E-state index contributed by atoms with van der Waals surface area (Å²) >= 11 is 4.16. The molecule has 0 aliphatic carbocycles. The van der Waals surface area contributed by atoms with Crippen LogP contribution in [0.5, 0.6) is 0 Å². The fourth-order valence-corrected chi connectivity index (χ4v) is 4.68. The van der Waals surface area contributed by atoms with Crippen molar-refractivity contribution in [3.05, 3.63) is 39.9 Å². The summed E-state index contributed by atoms with van der Waals surface area (Å²) in [5, 5.41) is 1.62.